The molecule has 0 radical (unpaired) electrons. The fourth-order valence-corrected chi connectivity index (χ4v) is 1.19. The van der Waals surface area contributed by atoms with Crippen LogP contribution in [0.25, 0.3) is 0 Å². The molecule has 0 saturated carbocycles. The first-order chi connectivity index (χ1) is 3.70. The largest absolute Gasteiger partial charge is 0.286 e. The van der Waals surface area contributed by atoms with Crippen molar-refractivity contribution in [3.63, 3.8) is 0 Å². The van der Waals surface area contributed by atoms with E-state index in [1.807, 2.05) is 13.8 Å². The normalized spacial score (nSPS) is 18.2. The lowest BCUT2D eigenvalue weighted by atomic mass is 10.2. The van der Waals surface area contributed by atoms with Crippen molar-refractivity contribution in [1.82, 2.24) is 0 Å². The molecule has 1 aliphatic heterocycles. The van der Waals surface area contributed by atoms with Crippen LogP contribution in [0.3, 0.4) is 0 Å². The first kappa shape index (κ1) is 5.89. The Morgan fingerprint density at radius 1 is 1.62 bits per heavy atom. The predicted molar refractivity (Wildman–Crippen MR) is 35.6 cm³/mol. The van der Waals surface area contributed by atoms with Gasteiger partial charge >= 0.3 is 0 Å². The molecule has 1 fully saturated rings. The maximum atomic E-state index is 10.3. The second kappa shape index (κ2) is 1.94. The molecule has 1 rings (SSSR count). The number of hydrogen-bond acceptors (Lipinski definition) is 2. The third-order valence-corrected chi connectivity index (χ3v) is 2.27. The van der Waals surface area contributed by atoms with E-state index in [4.69, 9.17) is 0 Å². The molecule has 0 aromatic rings. The average molecular weight is 128 g/mol. The lowest BCUT2D eigenvalue weighted by molar-refractivity contribution is -0.111. The van der Waals surface area contributed by atoms with Crippen LogP contribution >= 0.6 is 11.8 Å². The van der Waals surface area contributed by atoms with E-state index >= 15 is 0 Å². The molecular weight excluding hydrogens is 120 g/mol. The summed E-state index contributed by atoms with van der Waals surface area (Å²) in [6.45, 7) is 4.07. The van der Waals surface area contributed by atoms with Crippen molar-refractivity contribution in [3.8, 4) is 0 Å². The van der Waals surface area contributed by atoms with Crippen molar-refractivity contribution in [2.24, 2.45) is 0 Å². The summed E-state index contributed by atoms with van der Waals surface area (Å²) in [6, 6.07) is 0. The maximum absolute atomic E-state index is 10.3. The van der Waals surface area contributed by atoms with E-state index < -0.39 is 0 Å². The Balaban J connectivity index is 2.57. The molecule has 44 valence electrons. The number of carbonyl (C=O) groups is 1. The van der Waals surface area contributed by atoms with E-state index in [0.29, 0.717) is 11.5 Å². The van der Waals surface area contributed by atoms with Crippen LogP contribution in [-0.2, 0) is 4.79 Å². The Morgan fingerprint density at radius 2 is 2.12 bits per heavy atom. The third-order valence-electron chi connectivity index (χ3n) is 1.10. The molecule has 1 saturated heterocycles. The van der Waals surface area contributed by atoms with E-state index in [1.54, 1.807) is 0 Å². The summed E-state index contributed by atoms with van der Waals surface area (Å²) in [5, 5.41) is 0.307. The minimum absolute atomic E-state index is 0.307. The fourth-order valence-electron chi connectivity index (χ4n) is 0.539. The predicted octanol–water partition coefficient (Wildman–Crippen LogP) is 1.94. The fraction of sp³-hybridized carbons (Fsp3) is 0.500. The summed E-state index contributed by atoms with van der Waals surface area (Å²) in [7, 11) is 0. The molecule has 2 heteroatoms. The topological polar surface area (TPSA) is 17.1 Å². The molecule has 0 bridgehead atoms. The highest BCUT2D eigenvalue weighted by Gasteiger charge is 2.20. The summed E-state index contributed by atoms with van der Waals surface area (Å²) in [5.74, 6) is 0. The van der Waals surface area contributed by atoms with Gasteiger partial charge in [-0.25, -0.2) is 0 Å². The van der Waals surface area contributed by atoms with Gasteiger partial charge in [0.05, 0.1) is 0 Å². The molecule has 0 unspecified atom stereocenters. The first-order valence-corrected chi connectivity index (χ1v) is 3.39. The Morgan fingerprint density at radius 3 is 2.25 bits per heavy atom. The summed E-state index contributed by atoms with van der Waals surface area (Å²) < 4.78 is 0. The van der Waals surface area contributed by atoms with Crippen molar-refractivity contribution in [1.29, 1.82) is 0 Å². The van der Waals surface area contributed by atoms with Gasteiger partial charge in [0.2, 0.25) is 0 Å². The highest BCUT2D eigenvalue weighted by molar-refractivity contribution is 8.19. The molecule has 1 nitrogen and oxygen atoms in total. The molecule has 0 aliphatic carbocycles. The van der Waals surface area contributed by atoms with Crippen molar-refractivity contribution in [3.05, 3.63) is 10.5 Å². The van der Waals surface area contributed by atoms with Gasteiger partial charge in [0.1, 0.15) is 0 Å². The number of rotatable bonds is 0. The summed E-state index contributed by atoms with van der Waals surface area (Å²) >= 11 is 1.38. The van der Waals surface area contributed by atoms with E-state index in [2.05, 4.69) is 0 Å². The second-order valence-electron chi connectivity index (χ2n) is 2.07. The lowest BCUT2D eigenvalue weighted by Crippen LogP contribution is -2.05. The number of carbonyl (C=O) groups excluding carboxylic acids is 1. The molecule has 0 spiro atoms. The monoisotopic (exact) mass is 128 g/mol. The standard InChI is InChI=1S/C6H8OS/c1-4(2)5-3-6(7)8-5/h3H2,1-2H3. The third kappa shape index (κ3) is 0.944. The van der Waals surface area contributed by atoms with E-state index in [0.717, 1.165) is 0 Å². The summed E-state index contributed by atoms with van der Waals surface area (Å²) in [4.78, 5) is 11.6. The molecule has 0 aromatic carbocycles. The van der Waals surface area contributed by atoms with Crippen LogP contribution in [-0.4, -0.2) is 5.12 Å². The van der Waals surface area contributed by atoms with Gasteiger partial charge in [-0.05, 0) is 18.8 Å². The Hall–Kier alpha value is -0.240. The van der Waals surface area contributed by atoms with Crippen LogP contribution in [0.15, 0.2) is 10.5 Å². The molecule has 0 N–H and O–H groups in total. The van der Waals surface area contributed by atoms with Gasteiger partial charge in [0, 0.05) is 6.42 Å². The van der Waals surface area contributed by atoms with Crippen LogP contribution < -0.4 is 0 Å². The minimum atomic E-state index is 0.307. The molecule has 0 amide bonds. The molecule has 1 heterocycles. The Bertz CT molecular complexity index is 144. The zero-order chi connectivity index (χ0) is 6.15. The zero-order valence-electron chi connectivity index (χ0n) is 5.02. The number of allylic oxidation sites excluding steroid dienone is 2. The number of hydrogen-bond donors (Lipinski definition) is 0. The van der Waals surface area contributed by atoms with Gasteiger partial charge < -0.3 is 0 Å². The van der Waals surface area contributed by atoms with E-state index in [1.165, 1.54) is 22.2 Å². The van der Waals surface area contributed by atoms with Gasteiger partial charge in [0.25, 0.3) is 0 Å². The van der Waals surface area contributed by atoms with Gasteiger partial charge in [0.15, 0.2) is 5.12 Å². The molecule has 8 heavy (non-hydrogen) atoms. The maximum Gasteiger partial charge on any atom is 0.198 e. The van der Waals surface area contributed by atoms with E-state index in [9.17, 15) is 4.79 Å². The van der Waals surface area contributed by atoms with E-state index in [-0.39, 0.29) is 0 Å². The SMILES string of the molecule is CC(C)=C1CC(=O)S1. The molecule has 1 aliphatic rings. The zero-order valence-corrected chi connectivity index (χ0v) is 5.84. The average Bonchev–Trinajstić information content (AvgIpc) is 1.57. The highest BCUT2D eigenvalue weighted by Crippen LogP contribution is 2.36. The van der Waals surface area contributed by atoms with Gasteiger partial charge in [-0.3, -0.25) is 4.79 Å². The molecule has 0 atom stereocenters. The number of thioether (sulfide) groups is 1. The highest BCUT2D eigenvalue weighted by atomic mass is 32.2. The van der Waals surface area contributed by atoms with Crippen LogP contribution in [0.2, 0.25) is 0 Å². The van der Waals surface area contributed by atoms with Gasteiger partial charge in [-0.15, -0.1) is 0 Å². The second-order valence-corrected chi connectivity index (χ2v) is 3.23. The van der Waals surface area contributed by atoms with Gasteiger partial charge in [-0.1, -0.05) is 17.3 Å². The van der Waals surface area contributed by atoms with Gasteiger partial charge in [-0.2, -0.15) is 0 Å². The Labute approximate surface area is 53.2 Å². The Kier molecular flexibility index (Phi) is 1.43. The quantitative estimate of drug-likeness (QED) is 0.496. The van der Waals surface area contributed by atoms with Crippen LogP contribution in [0, 0.1) is 0 Å². The smallest absolute Gasteiger partial charge is 0.198 e. The van der Waals surface area contributed by atoms with Crippen LogP contribution in [0.5, 0.6) is 0 Å². The summed E-state index contributed by atoms with van der Waals surface area (Å²) in [6.07, 6.45) is 0.688. The lowest BCUT2D eigenvalue weighted by Gasteiger charge is -2.14. The van der Waals surface area contributed by atoms with Crippen LogP contribution in [0.1, 0.15) is 20.3 Å². The van der Waals surface area contributed by atoms with Crippen molar-refractivity contribution >= 4 is 16.9 Å². The van der Waals surface area contributed by atoms with Crippen molar-refractivity contribution < 1.29 is 4.79 Å². The van der Waals surface area contributed by atoms with Crippen molar-refractivity contribution in [2.45, 2.75) is 20.3 Å². The minimum Gasteiger partial charge on any atom is -0.286 e. The molecule has 0 aromatic heterocycles. The first-order valence-electron chi connectivity index (χ1n) is 2.57. The summed E-state index contributed by atoms with van der Waals surface area (Å²) in [5.41, 5.74) is 1.29. The van der Waals surface area contributed by atoms with Crippen molar-refractivity contribution in [2.75, 3.05) is 0 Å². The molecular formula is C6H8OS. The van der Waals surface area contributed by atoms with Crippen LogP contribution in [0.4, 0.5) is 0 Å².